The molecule has 1 aliphatic rings. The third kappa shape index (κ3) is 2.30. The SMILES string of the molecule is C[C@@H]1NC(=O)O[C@H]1[C@H](Cl)S(=O)(=O)c1ccccc1. The number of benzene rings is 1. The Kier molecular flexibility index (Phi) is 3.49. The Morgan fingerprint density at radius 2 is 1.94 bits per heavy atom. The molecule has 7 heteroatoms. The minimum atomic E-state index is -3.73. The number of cyclic esters (lactones) is 1. The zero-order valence-electron chi connectivity index (χ0n) is 9.54. The summed E-state index contributed by atoms with van der Waals surface area (Å²) in [6, 6.07) is 7.40. The van der Waals surface area contributed by atoms with Gasteiger partial charge >= 0.3 is 6.09 Å². The number of carbonyl (C=O) groups is 1. The van der Waals surface area contributed by atoms with Crippen molar-refractivity contribution in [1.29, 1.82) is 0 Å². The number of alkyl halides is 1. The van der Waals surface area contributed by atoms with Crippen molar-refractivity contribution in [3.63, 3.8) is 0 Å². The normalized spacial score (nSPS) is 25.3. The van der Waals surface area contributed by atoms with E-state index < -0.39 is 32.8 Å². The lowest BCUT2D eigenvalue weighted by Gasteiger charge is -2.19. The number of hydrogen-bond acceptors (Lipinski definition) is 4. The van der Waals surface area contributed by atoms with Crippen molar-refractivity contribution in [2.45, 2.75) is 28.7 Å². The van der Waals surface area contributed by atoms with Gasteiger partial charge in [-0.3, -0.25) is 0 Å². The predicted molar refractivity (Wildman–Crippen MR) is 66.1 cm³/mol. The van der Waals surface area contributed by atoms with E-state index in [1.165, 1.54) is 12.1 Å². The molecule has 18 heavy (non-hydrogen) atoms. The number of hydrogen-bond donors (Lipinski definition) is 1. The largest absolute Gasteiger partial charge is 0.441 e. The molecule has 3 atom stereocenters. The Morgan fingerprint density at radius 1 is 1.33 bits per heavy atom. The molecule has 98 valence electrons. The van der Waals surface area contributed by atoms with Crippen LogP contribution in [0.2, 0.25) is 0 Å². The molecule has 5 nitrogen and oxygen atoms in total. The zero-order valence-corrected chi connectivity index (χ0v) is 11.1. The van der Waals surface area contributed by atoms with Gasteiger partial charge in [0.05, 0.1) is 10.9 Å². The van der Waals surface area contributed by atoms with E-state index in [1.807, 2.05) is 0 Å². The fraction of sp³-hybridized carbons (Fsp3) is 0.364. The molecule has 1 heterocycles. The average molecular weight is 290 g/mol. The maximum atomic E-state index is 12.2. The van der Waals surface area contributed by atoms with Crippen LogP contribution in [0.1, 0.15) is 6.92 Å². The van der Waals surface area contributed by atoms with Gasteiger partial charge in [-0.1, -0.05) is 18.2 Å². The summed E-state index contributed by atoms with van der Waals surface area (Å²) in [6.07, 6.45) is -1.55. The van der Waals surface area contributed by atoms with Crippen molar-refractivity contribution in [2.75, 3.05) is 0 Å². The van der Waals surface area contributed by atoms with Gasteiger partial charge in [-0.25, -0.2) is 13.2 Å². The van der Waals surface area contributed by atoms with Gasteiger partial charge in [0.2, 0.25) is 0 Å². The van der Waals surface area contributed by atoms with Crippen molar-refractivity contribution in [1.82, 2.24) is 5.32 Å². The Bertz CT molecular complexity index is 545. The molecular formula is C11H12ClNO4S. The monoisotopic (exact) mass is 289 g/mol. The molecule has 0 aliphatic carbocycles. The summed E-state index contributed by atoms with van der Waals surface area (Å²) < 4.78 is 28.0. The van der Waals surface area contributed by atoms with Crippen molar-refractivity contribution in [3.8, 4) is 0 Å². The number of alkyl carbamates (subject to hydrolysis) is 1. The number of sulfone groups is 1. The van der Waals surface area contributed by atoms with Crippen LogP contribution >= 0.6 is 11.6 Å². The molecule has 0 saturated carbocycles. The molecule has 1 saturated heterocycles. The van der Waals surface area contributed by atoms with Gasteiger partial charge in [0, 0.05) is 0 Å². The molecule has 0 bridgehead atoms. The number of ether oxygens (including phenoxy) is 1. The van der Waals surface area contributed by atoms with Crippen LogP contribution in [-0.2, 0) is 14.6 Å². The van der Waals surface area contributed by atoms with Gasteiger partial charge in [0.15, 0.2) is 20.7 Å². The average Bonchev–Trinajstić information content (AvgIpc) is 2.68. The number of nitrogens with one attached hydrogen (secondary N) is 1. The third-order valence-corrected chi connectivity index (χ3v) is 5.45. The second-order valence-electron chi connectivity index (χ2n) is 4.01. The van der Waals surface area contributed by atoms with Crippen LogP contribution < -0.4 is 5.32 Å². The maximum Gasteiger partial charge on any atom is 0.407 e. The van der Waals surface area contributed by atoms with Crippen LogP contribution in [0.5, 0.6) is 0 Å². The highest BCUT2D eigenvalue weighted by Crippen LogP contribution is 2.26. The summed E-state index contributed by atoms with van der Waals surface area (Å²) in [7, 11) is -3.73. The minimum absolute atomic E-state index is 0.111. The minimum Gasteiger partial charge on any atom is -0.441 e. The Labute approximate surface area is 110 Å². The van der Waals surface area contributed by atoms with Crippen LogP contribution in [0.3, 0.4) is 0 Å². The van der Waals surface area contributed by atoms with Crippen molar-refractivity contribution in [3.05, 3.63) is 30.3 Å². The molecule has 1 N–H and O–H groups in total. The van der Waals surface area contributed by atoms with Crippen LogP contribution in [0.4, 0.5) is 4.79 Å². The summed E-state index contributed by atoms with van der Waals surface area (Å²) >= 11 is 5.97. The van der Waals surface area contributed by atoms with Crippen LogP contribution in [0.15, 0.2) is 35.2 Å². The molecule has 2 rings (SSSR count). The quantitative estimate of drug-likeness (QED) is 0.857. The highest BCUT2D eigenvalue weighted by Gasteiger charge is 2.43. The van der Waals surface area contributed by atoms with Gasteiger partial charge in [0.1, 0.15) is 0 Å². The zero-order chi connectivity index (χ0) is 13.3. The second kappa shape index (κ2) is 4.78. The molecule has 0 unspecified atom stereocenters. The van der Waals surface area contributed by atoms with E-state index in [0.717, 1.165) is 0 Å². The smallest absolute Gasteiger partial charge is 0.407 e. The predicted octanol–water partition coefficient (Wildman–Crippen LogP) is 1.52. The highest BCUT2D eigenvalue weighted by molar-refractivity contribution is 7.93. The summed E-state index contributed by atoms with van der Waals surface area (Å²) in [5.74, 6) is 0. The van der Waals surface area contributed by atoms with E-state index in [0.29, 0.717) is 0 Å². The number of halogens is 1. The Balaban J connectivity index is 2.29. The Morgan fingerprint density at radius 3 is 2.44 bits per heavy atom. The lowest BCUT2D eigenvalue weighted by molar-refractivity contribution is 0.139. The van der Waals surface area contributed by atoms with E-state index in [9.17, 15) is 13.2 Å². The second-order valence-corrected chi connectivity index (χ2v) is 6.81. The lowest BCUT2D eigenvalue weighted by Crippen LogP contribution is -2.38. The maximum absolute atomic E-state index is 12.2. The molecule has 1 fully saturated rings. The van der Waals surface area contributed by atoms with Crippen LogP contribution in [-0.4, -0.2) is 31.4 Å². The molecular weight excluding hydrogens is 278 g/mol. The van der Waals surface area contributed by atoms with Crippen molar-refractivity contribution >= 4 is 27.5 Å². The van der Waals surface area contributed by atoms with Gasteiger partial charge in [-0.15, -0.1) is 11.6 Å². The summed E-state index contributed by atoms with van der Waals surface area (Å²) in [4.78, 5) is 11.2. The van der Waals surface area contributed by atoms with E-state index in [4.69, 9.17) is 16.3 Å². The summed E-state index contributed by atoms with van der Waals surface area (Å²) in [5, 5.41) is 2.46. The van der Waals surface area contributed by atoms with E-state index in [-0.39, 0.29) is 4.90 Å². The standard InChI is InChI=1S/C11H12ClNO4S/c1-7-9(17-11(14)13-7)10(12)18(15,16)8-5-3-2-4-6-8/h2-7,9-10H,1H3,(H,13,14)/t7-,9+,10+/m0/s1. The first-order valence-corrected chi connectivity index (χ1v) is 7.31. The topological polar surface area (TPSA) is 72.5 Å². The Hall–Kier alpha value is -1.27. The lowest BCUT2D eigenvalue weighted by atomic mass is 10.2. The van der Waals surface area contributed by atoms with Crippen molar-refractivity contribution in [2.24, 2.45) is 0 Å². The number of amides is 1. The molecule has 1 aromatic rings. The molecule has 1 amide bonds. The van der Waals surface area contributed by atoms with E-state index in [1.54, 1.807) is 25.1 Å². The van der Waals surface area contributed by atoms with Gasteiger partial charge in [-0.05, 0) is 19.1 Å². The summed E-state index contributed by atoms with van der Waals surface area (Å²) in [6.45, 7) is 1.64. The summed E-state index contributed by atoms with van der Waals surface area (Å²) in [5.41, 5.74) is 0. The van der Waals surface area contributed by atoms with Gasteiger partial charge < -0.3 is 10.1 Å². The van der Waals surface area contributed by atoms with Crippen LogP contribution in [0.25, 0.3) is 0 Å². The highest BCUT2D eigenvalue weighted by atomic mass is 35.5. The molecule has 1 aliphatic heterocycles. The molecule has 1 aromatic carbocycles. The first-order valence-electron chi connectivity index (χ1n) is 5.33. The number of carbonyl (C=O) groups excluding carboxylic acids is 1. The third-order valence-electron chi connectivity index (χ3n) is 2.71. The molecule has 0 radical (unpaired) electrons. The van der Waals surface area contributed by atoms with E-state index >= 15 is 0 Å². The molecule has 0 aromatic heterocycles. The van der Waals surface area contributed by atoms with Crippen molar-refractivity contribution < 1.29 is 17.9 Å². The van der Waals surface area contributed by atoms with Gasteiger partial charge in [0.25, 0.3) is 0 Å². The van der Waals surface area contributed by atoms with Crippen LogP contribution in [0, 0.1) is 0 Å². The first kappa shape index (κ1) is 13.2. The molecule has 0 spiro atoms. The van der Waals surface area contributed by atoms with Gasteiger partial charge in [-0.2, -0.15) is 0 Å². The van der Waals surface area contributed by atoms with E-state index in [2.05, 4.69) is 5.32 Å². The number of rotatable bonds is 3. The fourth-order valence-electron chi connectivity index (χ4n) is 1.72. The fourth-order valence-corrected chi connectivity index (χ4v) is 3.74. The first-order chi connectivity index (χ1) is 8.43.